The van der Waals surface area contributed by atoms with E-state index in [0.717, 1.165) is 18.1 Å². The second-order valence-electron chi connectivity index (χ2n) is 3.32. The van der Waals surface area contributed by atoms with Crippen LogP contribution >= 0.6 is 11.5 Å². The van der Waals surface area contributed by atoms with Crippen LogP contribution in [0.5, 0.6) is 0 Å². The van der Waals surface area contributed by atoms with Gasteiger partial charge in [0.1, 0.15) is 10.8 Å². The summed E-state index contributed by atoms with van der Waals surface area (Å²) in [5, 5.41) is 8.43. The Morgan fingerprint density at radius 3 is 3.07 bits per heavy atom. The summed E-state index contributed by atoms with van der Waals surface area (Å²) >= 11 is 1.37. The minimum atomic E-state index is 0.567. The van der Waals surface area contributed by atoms with Crippen molar-refractivity contribution in [3.63, 3.8) is 0 Å². The molecule has 2 heterocycles. The van der Waals surface area contributed by atoms with Gasteiger partial charge < -0.3 is 11.1 Å². The number of nitrogen functional groups attached to an aromatic ring is 1. The molecule has 80 valence electrons. The van der Waals surface area contributed by atoms with Gasteiger partial charge in [-0.1, -0.05) is 0 Å². The molecule has 0 bridgehead atoms. The van der Waals surface area contributed by atoms with E-state index in [4.69, 9.17) is 5.73 Å². The maximum absolute atomic E-state index is 5.51. The highest BCUT2D eigenvalue weighted by Crippen LogP contribution is 2.16. The topological polar surface area (TPSA) is 68.8 Å². The number of aryl methyl sites for hydroxylation is 1. The zero-order chi connectivity index (χ0) is 10.7. The third-order valence-electron chi connectivity index (χ3n) is 1.93. The van der Waals surface area contributed by atoms with Gasteiger partial charge in [-0.2, -0.15) is 9.47 Å². The molecule has 2 aromatic heterocycles. The molecule has 0 aromatic carbocycles. The summed E-state index contributed by atoms with van der Waals surface area (Å²) in [4.78, 5) is 0. The highest BCUT2D eigenvalue weighted by atomic mass is 32.1. The maximum Gasteiger partial charge on any atom is 0.139 e. The molecule has 0 amide bonds. The second-order valence-corrected chi connectivity index (χ2v) is 4.13. The van der Waals surface area contributed by atoms with Crippen LogP contribution < -0.4 is 11.1 Å². The first-order valence-electron chi connectivity index (χ1n) is 4.69. The van der Waals surface area contributed by atoms with Gasteiger partial charge in [0.05, 0.1) is 12.7 Å². The Morgan fingerprint density at radius 1 is 1.60 bits per heavy atom. The van der Waals surface area contributed by atoms with Crippen molar-refractivity contribution in [3.8, 4) is 0 Å². The highest BCUT2D eigenvalue weighted by Gasteiger charge is 1.98. The maximum atomic E-state index is 5.51. The number of aromatic nitrogens is 3. The van der Waals surface area contributed by atoms with Crippen molar-refractivity contribution in [3.05, 3.63) is 24.0 Å². The average molecular weight is 223 g/mol. The van der Waals surface area contributed by atoms with Crippen LogP contribution in [0.4, 0.5) is 10.8 Å². The van der Waals surface area contributed by atoms with Crippen molar-refractivity contribution >= 4 is 22.4 Å². The molecule has 6 heteroatoms. The summed E-state index contributed by atoms with van der Waals surface area (Å²) in [7, 11) is 0. The number of anilines is 2. The standard InChI is InChI=1S/C9H13N5S/c1-7-5-12-14(6-7)3-2-11-9-4-8(10)13-15-9/h4-6,11H,2-3H2,1H3,(H2,10,13). The quantitative estimate of drug-likeness (QED) is 0.820. The molecular weight excluding hydrogens is 210 g/mol. The number of nitrogens with one attached hydrogen (secondary N) is 1. The second kappa shape index (κ2) is 4.31. The van der Waals surface area contributed by atoms with Gasteiger partial charge in [-0.25, -0.2) is 0 Å². The first-order valence-corrected chi connectivity index (χ1v) is 5.46. The predicted molar refractivity (Wildman–Crippen MR) is 62.0 cm³/mol. The molecule has 3 N–H and O–H groups in total. The summed E-state index contributed by atoms with van der Waals surface area (Å²) in [6.45, 7) is 3.69. The van der Waals surface area contributed by atoms with E-state index in [1.807, 2.05) is 30.1 Å². The molecule has 5 nitrogen and oxygen atoms in total. The predicted octanol–water partition coefficient (Wildman–Crippen LogP) is 1.34. The summed E-state index contributed by atoms with van der Waals surface area (Å²) in [5.41, 5.74) is 6.68. The Morgan fingerprint density at radius 2 is 2.47 bits per heavy atom. The largest absolute Gasteiger partial charge is 0.383 e. The molecule has 2 rings (SSSR count). The molecule has 2 aromatic rings. The van der Waals surface area contributed by atoms with Crippen LogP contribution in [-0.4, -0.2) is 20.7 Å². The molecule has 0 radical (unpaired) electrons. The summed E-state index contributed by atoms with van der Waals surface area (Å²) in [5.74, 6) is 0.567. The van der Waals surface area contributed by atoms with E-state index in [1.165, 1.54) is 17.1 Å². The van der Waals surface area contributed by atoms with E-state index in [1.54, 1.807) is 0 Å². The molecule has 0 aliphatic rings. The van der Waals surface area contributed by atoms with E-state index < -0.39 is 0 Å². The molecule has 15 heavy (non-hydrogen) atoms. The fourth-order valence-corrected chi connectivity index (χ4v) is 1.85. The van der Waals surface area contributed by atoms with Crippen molar-refractivity contribution in [1.29, 1.82) is 0 Å². The zero-order valence-corrected chi connectivity index (χ0v) is 9.29. The number of nitrogens with two attached hydrogens (primary N) is 1. The Bertz CT molecular complexity index is 393. The van der Waals surface area contributed by atoms with Gasteiger partial charge in [0, 0.05) is 18.8 Å². The number of hydrogen-bond acceptors (Lipinski definition) is 5. The van der Waals surface area contributed by atoms with Crippen LogP contribution in [0.3, 0.4) is 0 Å². The molecule has 0 atom stereocenters. The number of nitrogens with zero attached hydrogens (tertiary/aromatic N) is 3. The summed E-state index contributed by atoms with van der Waals surface area (Å²) in [6, 6.07) is 1.83. The highest BCUT2D eigenvalue weighted by molar-refractivity contribution is 7.10. The molecule has 0 saturated heterocycles. The molecule has 0 fully saturated rings. The van der Waals surface area contributed by atoms with Gasteiger partial charge in [0.25, 0.3) is 0 Å². The van der Waals surface area contributed by atoms with Gasteiger partial charge in [-0.15, -0.1) is 0 Å². The lowest BCUT2D eigenvalue weighted by molar-refractivity contribution is 0.638. The minimum Gasteiger partial charge on any atom is -0.383 e. The molecule has 0 spiro atoms. The third kappa shape index (κ3) is 2.69. The Labute approximate surface area is 92.1 Å². The summed E-state index contributed by atoms with van der Waals surface area (Å²) in [6.07, 6.45) is 3.87. The Hall–Kier alpha value is -1.56. The van der Waals surface area contributed by atoms with Crippen LogP contribution in [0.2, 0.25) is 0 Å². The SMILES string of the molecule is Cc1cnn(CCNc2cc(N)ns2)c1. The van der Waals surface area contributed by atoms with Crippen LogP contribution in [0.15, 0.2) is 18.5 Å². The van der Waals surface area contributed by atoms with E-state index in [-0.39, 0.29) is 0 Å². The van der Waals surface area contributed by atoms with Gasteiger partial charge in [-0.3, -0.25) is 4.68 Å². The smallest absolute Gasteiger partial charge is 0.139 e. The van der Waals surface area contributed by atoms with Gasteiger partial charge in [0.15, 0.2) is 0 Å². The van der Waals surface area contributed by atoms with Crippen molar-refractivity contribution in [2.75, 3.05) is 17.6 Å². The minimum absolute atomic E-state index is 0.567. The molecule has 0 saturated carbocycles. The molecule has 0 aliphatic heterocycles. The fourth-order valence-electron chi connectivity index (χ4n) is 1.26. The Kier molecular flexibility index (Phi) is 2.86. The first kappa shape index (κ1) is 9.97. The van der Waals surface area contributed by atoms with Crippen LogP contribution in [0.1, 0.15) is 5.56 Å². The van der Waals surface area contributed by atoms with Crippen molar-refractivity contribution in [1.82, 2.24) is 14.2 Å². The van der Waals surface area contributed by atoms with Crippen molar-refractivity contribution in [2.24, 2.45) is 0 Å². The lowest BCUT2D eigenvalue weighted by atomic mass is 10.4. The molecule has 0 unspecified atom stereocenters. The summed E-state index contributed by atoms with van der Waals surface area (Å²) < 4.78 is 5.89. The van der Waals surface area contributed by atoms with Gasteiger partial charge in [-0.05, 0) is 24.0 Å². The molecule has 0 aliphatic carbocycles. The lowest BCUT2D eigenvalue weighted by Crippen LogP contribution is -2.09. The zero-order valence-electron chi connectivity index (χ0n) is 8.47. The van der Waals surface area contributed by atoms with E-state index >= 15 is 0 Å². The van der Waals surface area contributed by atoms with E-state index in [9.17, 15) is 0 Å². The fraction of sp³-hybridized carbons (Fsp3) is 0.333. The monoisotopic (exact) mass is 223 g/mol. The number of hydrogen-bond donors (Lipinski definition) is 2. The first-order chi connectivity index (χ1) is 7.24. The molecular formula is C9H13N5S. The van der Waals surface area contributed by atoms with Crippen molar-refractivity contribution in [2.45, 2.75) is 13.5 Å². The normalized spacial score (nSPS) is 10.5. The van der Waals surface area contributed by atoms with Crippen LogP contribution in [0, 0.1) is 6.92 Å². The van der Waals surface area contributed by atoms with E-state index in [2.05, 4.69) is 14.8 Å². The number of rotatable bonds is 4. The van der Waals surface area contributed by atoms with Crippen molar-refractivity contribution < 1.29 is 0 Å². The Balaban J connectivity index is 1.80. The average Bonchev–Trinajstić information content (AvgIpc) is 2.76. The van der Waals surface area contributed by atoms with Crippen LogP contribution in [-0.2, 0) is 6.54 Å². The third-order valence-corrected chi connectivity index (χ3v) is 2.69. The van der Waals surface area contributed by atoms with E-state index in [0.29, 0.717) is 5.82 Å². The van der Waals surface area contributed by atoms with Gasteiger partial charge >= 0.3 is 0 Å². The lowest BCUT2D eigenvalue weighted by Gasteiger charge is -2.02. The van der Waals surface area contributed by atoms with Gasteiger partial charge in [0.2, 0.25) is 0 Å². The van der Waals surface area contributed by atoms with Crippen LogP contribution in [0.25, 0.3) is 0 Å².